The molecule has 0 bridgehead atoms. The third-order valence-electron chi connectivity index (χ3n) is 3.65. The molecular formula is C14H21ClN2O. The number of aliphatic hydroxyl groups excluding tert-OH is 1. The second-order valence-electron chi connectivity index (χ2n) is 5.37. The highest BCUT2D eigenvalue weighted by atomic mass is 35.5. The van der Waals surface area contributed by atoms with E-state index in [1.54, 1.807) is 0 Å². The monoisotopic (exact) mass is 268 g/mol. The van der Waals surface area contributed by atoms with Gasteiger partial charge >= 0.3 is 0 Å². The van der Waals surface area contributed by atoms with Gasteiger partial charge in [0.25, 0.3) is 0 Å². The highest BCUT2D eigenvalue weighted by Gasteiger charge is 2.28. The summed E-state index contributed by atoms with van der Waals surface area (Å²) in [4.78, 5) is 2.16. The lowest BCUT2D eigenvalue weighted by molar-refractivity contribution is 0.0465. The molecule has 18 heavy (non-hydrogen) atoms. The topological polar surface area (TPSA) is 49.5 Å². The minimum atomic E-state index is -0.0978. The van der Waals surface area contributed by atoms with Crippen molar-refractivity contribution in [2.24, 2.45) is 11.7 Å². The molecule has 1 aliphatic carbocycles. The van der Waals surface area contributed by atoms with E-state index >= 15 is 0 Å². The van der Waals surface area contributed by atoms with Crippen LogP contribution in [0.5, 0.6) is 0 Å². The zero-order chi connectivity index (χ0) is 13.3. The number of hydrogen-bond donors (Lipinski definition) is 2. The quantitative estimate of drug-likeness (QED) is 0.882. The summed E-state index contributed by atoms with van der Waals surface area (Å²) in [6.45, 7) is 2.89. The van der Waals surface area contributed by atoms with E-state index < -0.39 is 0 Å². The molecule has 0 amide bonds. The minimum absolute atomic E-state index is 0.00337. The lowest BCUT2D eigenvalue weighted by Crippen LogP contribution is -2.37. The van der Waals surface area contributed by atoms with E-state index in [2.05, 4.69) is 4.90 Å². The Kier molecular flexibility index (Phi) is 4.15. The Morgan fingerprint density at radius 2 is 2.17 bits per heavy atom. The summed E-state index contributed by atoms with van der Waals surface area (Å²) in [6.07, 6.45) is 1.71. The van der Waals surface area contributed by atoms with Gasteiger partial charge in [0.2, 0.25) is 0 Å². The molecule has 2 rings (SSSR count). The molecule has 1 aliphatic rings. The van der Waals surface area contributed by atoms with Gasteiger partial charge in [-0.15, -0.1) is 0 Å². The number of benzene rings is 1. The van der Waals surface area contributed by atoms with Crippen LogP contribution in [0.3, 0.4) is 0 Å². The number of nitrogens with zero attached hydrogens (tertiary/aromatic N) is 1. The van der Waals surface area contributed by atoms with Gasteiger partial charge < -0.3 is 15.7 Å². The SMILES string of the molecule is C[C@H](N)c1ccc(N(C)CC2CC(O)C2)c(Cl)c1. The first-order valence-electron chi connectivity index (χ1n) is 6.41. The summed E-state index contributed by atoms with van der Waals surface area (Å²) in [6, 6.07) is 5.99. The van der Waals surface area contributed by atoms with E-state index in [0.717, 1.165) is 35.7 Å². The fraction of sp³-hybridized carbons (Fsp3) is 0.571. The average molecular weight is 269 g/mol. The summed E-state index contributed by atoms with van der Waals surface area (Å²) in [7, 11) is 2.04. The lowest BCUT2D eigenvalue weighted by Gasteiger charge is -2.35. The van der Waals surface area contributed by atoms with Gasteiger partial charge in [-0.25, -0.2) is 0 Å². The van der Waals surface area contributed by atoms with E-state index in [0.29, 0.717) is 5.92 Å². The van der Waals surface area contributed by atoms with E-state index in [1.807, 2.05) is 32.2 Å². The van der Waals surface area contributed by atoms with Crippen molar-refractivity contribution in [2.75, 3.05) is 18.5 Å². The summed E-state index contributed by atoms with van der Waals surface area (Å²) in [5, 5.41) is 10.0. The Balaban J connectivity index is 2.03. The van der Waals surface area contributed by atoms with Crippen LogP contribution < -0.4 is 10.6 Å². The third-order valence-corrected chi connectivity index (χ3v) is 3.95. The van der Waals surface area contributed by atoms with Crippen LogP contribution in [-0.2, 0) is 0 Å². The molecule has 100 valence electrons. The number of hydrogen-bond acceptors (Lipinski definition) is 3. The molecule has 0 spiro atoms. The molecule has 3 N–H and O–H groups in total. The van der Waals surface area contributed by atoms with Crippen LogP contribution in [0.15, 0.2) is 18.2 Å². The van der Waals surface area contributed by atoms with Crippen LogP contribution in [0, 0.1) is 5.92 Å². The Labute approximate surface area is 114 Å². The van der Waals surface area contributed by atoms with Crippen molar-refractivity contribution in [1.82, 2.24) is 0 Å². The zero-order valence-electron chi connectivity index (χ0n) is 10.9. The molecular weight excluding hydrogens is 248 g/mol. The summed E-state index contributed by atoms with van der Waals surface area (Å²) in [5.74, 6) is 0.578. The van der Waals surface area contributed by atoms with Crippen molar-refractivity contribution in [3.63, 3.8) is 0 Å². The second kappa shape index (κ2) is 5.47. The fourth-order valence-corrected chi connectivity index (χ4v) is 2.78. The lowest BCUT2D eigenvalue weighted by atomic mass is 9.82. The van der Waals surface area contributed by atoms with Gasteiger partial charge in [-0.05, 0) is 43.4 Å². The van der Waals surface area contributed by atoms with Gasteiger partial charge in [0.1, 0.15) is 0 Å². The van der Waals surface area contributed by atoms with E-state index in [4.69, 9.17) is 17.3 Å². The van der Waals surface area contributed by atoms with Crippen LogP contribution >= 0.6 is 11.6 Å². The van der Waals surface area contributed by atoms with E-state index in [-0.39, 0.29) is 12.1 Å². The molecule has 0 saturated heterocycles. The largest absolute Gasteiger partial charge is 0.393 e. The molecule has 0 aliphatic heterocycles. The molecule has 3 nitrogen and oxygen atoms in total. The molecule has 1 aromatic rings. The highest BCUT2D eigenvalue weighted by Crippen LogP contribution is 2.32. The Hall–Kier alpha value is -0.770. The Morgan fingerprint density at radius 3 is 2.67 bits per heavy atom. The predicted molar refractivity (Wildman–Crippen MR) is 76.1 cm³/mol. The maximum absolute atomic E-state index is 9.30. The molecule has 1 fully saturated rings. The first-order valence-corrected chi connectivity index (χ1v) is 6.79. The van der Waals surface area contributed by atoms with Crippen molar-refractivity contribution in [3.05, 3.63) is 28.8 Å². The van der Waals surface area contributed by atoms with Gasteiger partial charge in [-0.2, -0.15) is 0 Å². The number of nitrogens with two attached hydrogens (primary N) is 1. The van der Waals surface area contributed by atoms with Crippen molar-refractivity contribution in [2.45, 2.75) is 31.9 Å². The molecule has 1 atom stereocenters. The van der Waals surface area contributed by atoms with Gasteiger partial charge in [0.15, 0.2) is 0 Å². The summed E-state index contributed by atoms with van der Waals surface area (Å²) >= 11 is 6.30. The summed E-state index contributed by atoms with van der Waals surface area (Å²) in [5.41, 5.74) is 7.92. The maximum atomic E-state index is 9.30. The van der Waals surface area contributed by atoms with Crippen molar-refractivity contribution in [1.29, 1.82) is 0 Å². The van der Waals surface area contributed by atoms with Crippen LogP contribution in [0.1, 0.15) is 31.4 Å². The van der Waals surface area contributed by atoms with Crippen LogP contribution in [0.25, 0.3) is 0 Å². The summed E-state index contributed by atoms with van der Waals surface area (Å²) < 4.78 is 0. The number of halogens is 1. The molecule has 0 unspecified atom stereocenters. The number of rotatable bonds is 4. The van der Waals surface area contributed by atoms with Gasteiger partial charge in [0, 0.05) is 19.6 Å². The maximum Gasteiger partial charge on any atom is 0.0642 e. The second-order valence-corrected chi connectivity index (χ2v) is 5.78. The number of aliphatic hydroxyl groups is 1. The van der Waals surface area contributed by atoms with Crippen LogP contribution in [0.2, 0.25) is 5.02 Å². The first-order chi connectivity index (χ1) is 8.47. The average Bonchev–Trinajstić information content (AvgIpc) is 2.26. The molecule has 1 saturated carbocycles. The molecule has 1 aromatic carbocycles. The minimum Gasteiger partial charge on any atom is -0.393 e. The highest BCUT2D eigenvalue weighted by molar-refractivity contribution is 6.33. The standard InChI is InChI=1S/C14H21ClN2O/c1-9(16)11-3-4-14(13(15)7-11)17(2)8-10-5-12(18)6-10/h3-4,7,9-10,12,18H,5-6,8,16H2,1-2H3/t9-,10?,12?/m0/s1. The van der Waals surface area contributed by atoms with Crippen LogP contribution in [-0.4, -0.2) is 24.8 Å². The van der Waals surface area contributed by atoms with Crippen molar-refractivity contribution in [3.8, 4) is 0 Å². The molecule has 0 aromatic heterocycles. The molecule has 0 heterocycles. The zero-order valence-corrected chi connectivity index (χ0v) is 11.7. The first kappa shape index (κ1) is 13.7. The van der Waals surface area contributed by atoms with Gasteiger partial charge in [-0.1, -0.05) is 17.7 Å². The Morgan fingerprint density at radius 1 is 1.50 bits per heavy atom. The Bertz CT molecular complexity index is 416. The third kappa shape index (κ3) is 2.97. The van der Waals surface area contributed by atoms with E-state index in [9.17, 15) is 5.11 Å². The smallest absolute Gasteiger partial charge is 0.0642 e. The molecule has 4 heteroatoms. The van der Waals surface area contributed by atoms with E-state index in [1.165, 1.54) is 0 Å². The van der Waals surface area contributed by atoms with Crippen molar-refractivity contribution < 1.29 is 5.11 Å². The van der Waals surface area contributed by atoms with Gasteiger partial charge in [-0.3, -0.25) is 0 Å². The predicted octanol–water partition coefficient (Wildman–Crippen LogP) is 2.57. The van der Waals surface area contributed by atoms with Crippen LogP contribution in [0.4, 0.5) is 5.69 Å². The van der Waals surface area contributed by atoms with Crippen molar-refractivity contribution >= 4 is 17.3 Å². The fourth-order valence-electron chi connectivity index (χ4n) is 2.45. The molecule has 0 radical (unpaired) electrons. The number of anilines is 1. The van der Waals surface area contributed by atoms with Gasteiger partial charge in [0.05, 0.1) is 16.8 Å². The normalized spacial score (nSPS) is 24.5.